The monoisotopic (exact) mass is 219 g/mol. The Labute approximate surface area is 80.1 Å². The van der Waals surface area contributed by atoms with E-state index >= 15 is 0 Å². The lowest BCUT2D eigenvalue weighted by Gasteiger charge is -1.96. The fourth-order valence-electron chi connectivity index (χ4n) is 0.750. The first kappa shape index (κ1) is 10.4. The Bertz CT molecular complexity index is 436. The summed E-state index contributed by atoms with van der Waals surface area (Å²) in [5, 5.41) is 7.27. The van der Waals surface area contributed by atoms with Crippen molar-refractivity contribution in [1.82, 2.24) is 15.0 Å². The number of nitrogens with two attached hydrogens (primary N) is 1. The smallest absolute Gasteiger partial charge is 0.241 e. The molecular formula is C5H9N5O3S. The summed E-state index contributed by atoms with van der Waals surface area (Å²) in [6.45, 7) is -0.189. The molecule has 0 aliphatic carbocycles. The highest BCUT2D eigenvalue weighted by Crippen LogP contribution is 2.00. The number of sulfonamides is 1. The summed E-state index contributed by atoms with van der Waals surface area (Å²) >= 11 is 0. The summed E-state index contributed by atoms with van der Waals surface area (Å²) in [6.07, 6.45) is 2.17. The fraction of sp³-hybridized carbons (Fsp3) is 0.400. The van der Waals surface area contributed by atoms with E-state index in [4.69, 9.17) is 5.73 Å². The third-order valence-corrected chi connectivity index (χ3v) is 1.70. The Balaban J connectivity index is 2.74. The summed E-state index contributed by atoms with van der Waals surface area (Å²) in [4.78, 5) is 11.4. The van der Waals surface area contributed by atoms with Gasteiger partial charge in [-0.25, -0.2) is 8.42 Å². The molecule has 0 aliphatic heterocycles. The second kappa shape index (κ2) is 3.62. The molecule has 0 radical (unpaired) electrons. The van der Waals surface area contributed by atoms with Gasteiger partial charge in [-0.1, -0.05) is 0 Å². The standard InChI is InChI=1S/C5H9N5O3S/c1-14(12,13)9-5-2-7-10(8-5)3-4(6)11/h2H,3H2,1H3,(H2,6,11)(H,8,9). The van der Waals surface area contributed by atoms with E-state index in [0.717, 1.165) is 11.1 Å². The Morgan fingerprint density at radius 3 is 2.86 bits per heavy atom. The number of carbonyl (C=O) groups excluding carboxylic acids is 1. The zero-order valence-electron chi connectivity index (χ0n) is 7.34. The van der Waals surface area contributed by atoms with Crippen LogP contribution in [0.2, 0.25) is 0 Å². The lowest BCUT2D eigenvalue weighted by atomic mass is 10.6. The molecule has 3 N–H and O–H groups in total. The number of primary amides is 1. The van der Waals surface area contributed by atoms with E-state index in [1.165, 1.54) is 6.20 Å². The maximum atomic E-state index is 10.8. The number of nitrogens with zero attached hydrogens (tertiary/aromatic N) is 3. The van der Waals surface area contributed by atoms with Crippen molar-refractivity contribution < 1.29 is 13.2 Å². The first-order valence-electron chi connectivity index (χ1n) is 3.53. The van der Waals surface area contributed by atoms with Gasteiger partial charge in [0.05, 0.1) is 12.5 Å². The molecule has 0 aromatic carbocycles. The molecule has 0 unspecified atom stereocenters. The predicted molar refractivity (Wildman–Crippen MR) is 47.7 cm³/mol. The van der Waals surface area contributed by atoms with Gasteiger partial charge in [0.1, 0.15) is 6.54 Å². The third kappa shape index (κ3) is 3.39. The summed E-state index contributed by atoms with van der Waals surface area (Å²) < 4.78 is 23.6. The highest BCUT2D eigenvalue weighted by Gasteiger charge is 2.06. The molecular weight excluding hydrogens is 210 g/mol. The molecule has 0 atom stereocenters. The van der Waals surface area contributed by atoms with Gasteiger partial charge in [0.25, 0.3) is 0 Å². The Kier molecular flexibility index (Phi) is 2.70. The minimum atomic E-state index is -3.37. The molecule has 1 aromatic heterocycles. The minimum Gasteiger partial charge on any atom is -0.368 e. The van der Waals surface area contributed by atoms with E-state index in [1.807, 2.05) is 0 Å². The normalized spacial score (nSPS) is 11.2. The van der Waals surface area contributed by atoms with Gasteiger partial charge in [-0.05, 0) is 0 Å². The topological polar surface area (TPSA) is 120 Å². The van der Waals surface area contributed by atoms with Crippen LogP contribution >= 0.6 is 0 Å². The van der Waals surface area contributed by atoms with Crippen LogP contribution in [0.3, 0.4) is 0 Å². The largest absolute Gasteiger partial charge is 0.368 e. The van der Waals surface area contributed by atoms with Gasteiger partial charge in [0, 0.05) is 0 Å². The lowest BCUT2D eigenvalue weighted by Crippen LogP contribution is -2.20. The molecule has 1 rings (SSSR count). The van der Waals surface area contributed by atoms with Crippen LogP contribution in [0.15, 0.2) is 6.20 Å². The van der Waals surface area contributed by atoms with Gasteiger partial charge in [0.2, 0.25) is 15.9 Å². The number of anilines is 1. The quantitative estimate of drug-likeness (QED) is 0.615. The maximum absolute atomic E-state index is 10.8. The third-order valence-electron chi connectivity index (χ3n) is 1.12. The minimum absolute atomic E-state index is 0.0498. The van der Waals surface area contributed by atoms with Crippen molar-refractivity contribution in [2.75, 3.05) is 11.0 Å². The van der Waals surface area contributed by atoms with Gasteiger partial charge in [-0.15, -0.1) is 5.10 Å². The van der Waals surface area contributed by atoms with E-state index in [2.05, 4.69) is 14.9 Å². The number of nitrogens with one attached hydrogen (secondary N) is 1. The summed E-state index contributed by atoms with van der Waals surface area (Å²) in [6, 6.07) is 0. The zero-order chi connectivity index (χ0) is 10.8. The molecule has 1 aromatic rings. The molecule has 8 nitrogen and oxygen atoms in total. The van der Waals surface area contributed by atoms with Crippen LogP contribution in [0.1, 0.15) is 0 Å². The van der Waals surface area contributed by atoms with Crippen LogP contribution in [-0.4, -0.2) is 35.6 Å². The Morgan fingerprint density at radius 2 is 2.36 bits per heavy atom. The molecule has 9 heteroatoms. The molecule has 0 bridgehead atoms. The first-order valence-corrected chi connectivity index (χ1v) is 5.42. The van der Waals surface area contributed by atoms with Crippen molar-refractivity contribution in [3.63, 3.8) is 0 Å². The van der Waals surface area contributed by atoms with Crippen LogP contribution < -0.4 is 10.5 Å². The molecule has 0 saturated heterocycles. The van der Waals surface area contributed by atoms with Crippen molar-refractivity contribution in [2.24, 2.45) is 5.73 Å². The fourth-order valence-corrected chi connectivity index (χ4v) is 1.22. The SMILES string of the molecule is CS(=O)(=O)Nc1cnn(CC(N)=O)n1. The number of carbonyl (C=O) groups is 1. The summed E-state index contributed by atoms with van der Waals surface area (Å²) in [5.41, 5.74) is 4.88. The van der Waals surface area contributed by atoms with E-state index in [9.17, 15) is 13.2 Å². The van der Waals surface area contributed by atoms with Crippen molar-refractivity contribution in [1.29, 1.82) is 0 Å². The van der Waals surface area contributed by atoms with Crippen LogP contribution in [0.25, 0.3) is 0 Å². The number of rotatable bonds is 4. The van der Waals surface area contributed by atoms with Crippen LogP contribution in [0.5, 0.6) is 0 Å². The highest BCUT2D eigenvalue weighted by molar-refractivity contribution is 7.92. The van der Waals surface area contributed by atoms with Gasteiger partial charge >= 0.3 is 0 Å². The van der Waals surface area contributed by atoms with E-state index in [1.54, 1.807) is 0 Å². The maximum Gasteiger partial charge on any atom is 0.241 e. The molecule has 14 heavy (non-hydrogen) atoms. The molecule has 1 amide bonds. The predicted octanol–water partition coefficient (Wildman–Crippen LogP) is -1.87. The summed E-state index contributed by atoms with van der Waals surface area (Å²) in [5.74, 6) is -0.555. The van der Waals surface area contributed by atoms with Crippen molar-refractivity contribution in [2.45, 2.75) is 6.54 Å². The van der Waals surface area contributed by atoms with Crippen molar-refractivity contribution in [3.8, 4) is 0 Å². The summed E-state index contributed by atoms with van der Waals surface area (Å²) in [7, 11) is -3.37. The van der Waals surface area contributed by atoms with Crippen LogP contribution in [0, 0.1) is 0 Å². The van der Waals surface area contributed by atoms with Gasteiger partial charge in [0.15, 0.2) is 5.82 Å². The molecule has 0 aliphatic rings. The average Bonchev–Trinajstić information content (AvgIpc) is 2.30. The molecule has 1 heterocycles. The Hall–Kier alpha value is -1.64. The number of hydrogen-bond donors (Lipinski definition) is 2. The zero-order valence-corrected chi connectivity index (χ0v) is 8.15. The van der Waals surface area contributed by atoms with Gasteiger partial charge in [-0.2, -0.15) is 9.90 Å². The molecule has 0 fully saturated rings. The van der Waals surface area contributed by atoms with E-state index in [0.29, 0.717) is 0 Å². The van der Waals surface area contributed by atoms with E-state index in [-0.39, 0.29) is 12.4 Å². The van der Waals surface area contributed by atoms with Crippen molar-refractivity contribution >= 4 is 21.7 Å². The number of amides is 1. The van der Waals surface area contributed by atoms with Crippen LogP contribution in [0.4, 0.5) is 5.82 Å². The average molecular weight is 219 g/mol. The Morgan fingerprint density at radius 1 is 1.71 bits per heavy atom. The lowest BCUT2D eigenvalue weighted by molar-refractivity contribution is -0.118. The number of aromatic nitrogens is 3. The van der Waals surface area contributed by atoms with Gasteiger partial charge < -0.3 is 5.73 Å². The second-order valence-corrected chi connectivity index (χ2v) is 4.35. The van der Waals surface area contributed by atoms with E-state index < -0.39 is 15.9 Å². The molecule has 0 spiro atoms. The van der Waals surface area contributed by atoms with Crippen LogP contribution in [-0.2, 0) is 21.4 Å². The van der Waals surface area contributed by atoms with Crippen molar-refractivity contribution in [3.05, 3.63) is 6.20 Å². The first-order chi connectivity index (χ1) is 6.37. The molecule has 78 valence electrons. The molecule has 0 saturated carbocycles. The highest BCUT2D eigenvalue weighted by atomic mass is 32.2. The number of hydrogen-bond acceptors (Lipinski definition) is 5. The van der Waals surface area contributed by atoms with Gasteiger partial charge in [-0.3, -0.25) is 9.52 Å². The second-order valence-electron chi connectivity index (χ2n) is 2.60.